The maximum absolute atomic E-state index is 10.0. The number of aromatic nitrogens is 2. The molecule has 1 fully saturated rings. The highest BCUT2D eigenvalue weighted by atomic mass is 16.5. The Morgan fingerprint density at radius 1 is 1.33 bits per heavy atom. The van der Waals surface area contributed by atoms with Crippen LogP contribution < -0.4 is 0 Å². The van der Waals surface area contributed by atoms with Crippen molar-refractivity contribution in [3.63, 3.8) is 0 Å². The van der Waals surface area contributed by atoms with Crippen molar-refractivity contribution in [1.82, 2.24) is 10.1 Å². The summed E-state index contributed by atoms with van der Waals surface area (Å²) in [6.45, 7) is 4.19. The van der Waals surface area contributed by atoms with Crippen LogP contribution in [0.4, 0.5) is 0 Å². The van der Waals surface area contributed by atoms with Crippen molar-refractivity contribution in [3.05, 3.63) is 29.6 Å². The predicted molar refractivity (Wildman–Crippen MR) is 81.1 cm³/mol. The van der Waals surface area contributed by atoms with Gasteiger partial charge in [0.1, 0.15) is 5.75 Å². The van der Waals surface area contributed by atoms with Crippen LogP contribution in [-0.4, -0.2) is 15.2 Å². The van der Waals surface area contributed by atoms with Gasteiger partial charge in [0.25, 0.3) is 5.89 Å². The van der Waals surface area contributed by atoms with E-state index < -0.39 is 0 Å². The van der Waals surface area contributed by atoms with Gasteiger partial charge in [-0.25, -0.2) is 0 Å². The van der Waals surface area contributed by atoms with E-state index in [2.05, 4.69) is 17.1 Å². The summed E-state index contributed by atoms with van der Waals surface area (Å²) in [5, 5.41) is 14.2. The van der Waals surface area contributed by atoms with Gasteiger partial charge in [-0.05, 0) is 43.4 Å². The summed E-state index contributed by atoms with van der Waals surface area (Å²) in [6, 6.07) is 5.48. The van der Waals surface area contributed by atoms with Crippen LogP contribution in [0.5, 0.6) is 5.75 Å². The van der Waals surface area contributed by atoms with Crippen molar-refractivity contribution in [2.45, 2.75) is 51.9 Å². The molecule has 0 aliphatic heterocycles. The summed E-state index contributed by atoms with van der Waals surface area (Å²) >= 11 is 0. The van der Waals surface area contributed by atoms with Crippen LogP contribution in [0.25, 0.3) is 11.5 Å². The molecule has 2 atom stereocenters. The Morgan fingerprint density at radius 3 is 2.95 bits per heavy atom. The summed E-state index contributed by atoms with van der Waals surface area (Å²) < 4.78 is 5.37. The first kappa shape index (κ1) is 14.1. The van der Waals surface area contributed by atoms with E-state index in [0.29, 0.717) is 17.4 Å². The number of aromatic hydroxyl groups is 1. The molecule has 1 heterocycles. The third-order valence-corrected chi connectivity index (χ3v) is 4.55. The average Bonchev–Trinajstić information content (AvgIpc) is 2.97. The zero-order valence-electron chi connectivity index (χ0n) is 12.7. The van der Waals surface area contributed by atoms with Crippen molar-refractivity contribution in [3.8, 4) is 17.2 Å². The molecule has 1 saturated carbocycles. The summed E-state index contributed by atoms with van der Waals surface area (Å²) in [5.41, 5.74) is 1.62. The Morgan fingerprint density at radius 2 is 2.19 bits per heavy atom. The predicted octanol–water partition coefficient (Wildman–Crippen LogP) is 4.43. The van der Waals surface area contributed by atoms with E-state index in [4.69, 9.17) is 4.52 Å². The first-order valence-corrected chi connectivity index (χ1v) is 7.81. The average molecular weight is 286 g/mol. The minimum atomic E-state index is 0.195. The number of hydrogen-bond acceptors (Lipinski definition) is 4. The molecule has 0 radical (unpaired) electrons. The molecule has 2 aromatic rings. The summed E-state index contributed by atoms with van der Waals surface area (Å²) in [7, 11) is 0. The topological polar surface area (TPSA) is 59.2 Å². The molecule has 21 heavy (non-hydrogen) atoms. The quantitative estimate of drug-likeness (QED) is 0.906. The molecular formula is C17H22N2O2. The van der Waals surface area contributed by atoms with Gasteiger partial charge in [-0.1, -0.05) is 37.4 Å². The Hall–Kier alpha value is -1.84. The molecule has 0 saturated heterocycles. The minimum Gasteiger partial charge on any atom is -0.507 e. The normalized spacial score (nSPS) is 22.4. The van der Waals surface area contributed by atoms with Crippen LogP contribution in [0, 0.1) is 12.8 Å². The van der Waals surface area contributed by atoms with Crippen molar-refractivity contribution in [2.75, 3.05) is 0 Å². The zero-order chi connectivity index (χ0) is 14.8. The number of hydrogen-bond donors (Lipinski definition) is 1. The van der Waals surface area contributed by atoms with Crippen LogP contribution in [0.3, 0.4) is 0 Å². The van der Waals surface area contributed by atoms with Crippen molar-refractivity contribution in [1.29, 1.82) is 0 Å². The van der Waals surface area contributed by atoms with Crippen molar-refractivity contribution >= 4 is 0 Å². The molecule has 112 valence electrons. The van der Waals surface area contributed by atoms with Crippen LogP contribution in [0.15, 0.2) is 22.7 Å². The lowest BCUT2D eigenvalue weighted by molar-refractivity contribution is 0.300. The van der Waals surface area contributed by atoms with Gasteiger partial charge in [-0.3, -0.25) is 0 Å². The number of rotatable bonds is 3. The van der Waals surface area contributed by atoms with Gasteiger partial charge in [-0.2, -0.15) is 4.98 Å². The molecule has 3 rings (SSSR count). The number of aryl methyl sites for hydroxylation is 1. The fraction of sp³-hybridized carbons (Fsp3) is 0.529. The first-order chi connectivity index (χ1) is 10.2. The first-order valence-electron chi connectivity index (χ1n) is 7.81. The van der Waals surface area contributed by atoms with Crippen LogP contribution in [-0.2, 0) is 0 Å². The number of benzene rings is 1. The monoisotopic (exact) mass is 286 g/mol. The molecule has 0 bridgehead atoms. The van der Waals surface area contributed by atoms with Crippen LogP contribution >= 0.6 is 0 Å². The smallest absolute Gasteiger partial charge is 0.261 e. The second kappa shape index (κ2) is 5.88. The molecule has 1 aliphatic carbocycles. The fourth-order valence-electron chi connectivity index (χ4n) is 3.23. The molecule has 1 aliphatic rings. The Bertz CT molecular complexity index is 621. The lowest BCUT2D eigenvalue weighted by Crippen LogP contribution is -2.14. The largest absolute Gasteiger partial charge is 0.507 e. The van der Waals surface area contributed by atoms with Crippen LogP contribution in [0.2, 0.25) is 0 Å². The summed E-state index contributed by atoms with van der Waals surface area (Å²) in [4.78, 5) is 4.53. The van der Waals surface area contributed by atoms with E-state index in [9.17, 15) is 5.11 Å². The van der Waals surface area contributed by atoms with E-state index >= 15 is 0 Å². The van der Waals surface area contributed by atoms with E-state index in [1.807, 2.05) is 19.1 Å². The van der Waals surface area contributed by atoms with Gasteiger partial charge in [0.15, 0.2) is 5.82 Å². The Balaban J connectivity index is 1.83. The molecule has 1 aromatic carbocycles. The number of phenolic OH excluding ortho intramolecular Hbond substituents is 1. The standard InChI is InChI=1S/C17H22N2O2/c1-3-12-5-4-6-13(10-12)16-18-17(21-19-16)14-8-7-11(2)9-15(14)20/h7-9,12-13,20H,3-6,10H2,1-2H3. The minimum absolute atomic E-state index is 0.195. The second-order valence-electron chi connectivity index (χ2n) is 6.12. The van der Waals surface area contributed by atoms with Gasteiger partial charge in [-0.15, -0.1) is 0 Å². The van der Waals surface area contributed by atoms with Crippen molar-refractivity contribution in [2.24, 2.45) is 5.92 Å². The summed E-state index contributed by atoms with van der Waals surface area (Å²) in [5.74, 6) is 2.58. The highest BCUT2D eigenvalue weighted by Crippen LogP contribution is 2.37. The third kappa shape index (κ3) is 2.94. The Kier molecular flexibility index (Phi) is 3.95. The highest BCUT2D eigenvalue weighted by Gasteiger charge is 2.26. The highest BCUT2D eigenvalue weighted by molar-refractivity contribution is 5.62. The molecule has 2 unspecified atom stereocenters. The molecular weight excluding hydrogens is 264 g/mol. The van der Waals surface area contributed by atoms with Gasteiger partial charge in [0.2, 0.25) is 0 Å². The molecule has 4 nitrogen and oxygen atoms in total. The van der Waals surface area contributed by atoms with E-state index in [0.717, 1.165) is 30.1 Å². The van der Waals surface area contributed by atoms with Crippen molar-refractivity contribution < 1.29 is 9.63 Å². The lowest BCUT2D eigenvalue weighted by Gasteiger charge is -2.26. The zero-order valence-corrected chi connectivity index (χ0v) is 12.7. The van der Waals surface area contributed by atoms with Crippen LogP contribution in [0.1, 0.15) is 56.3 Å². The lowest BCUT2D eigenvalue weighted by atomic mass is 9.80. The van der Waals surface area contributed by atoms with Gasteiger partial charge in [0.05, 0.1) is 5.56 Å². The fourth-order valence-corrected chi connectivity index (χ4v) is 3.23. The summed E-state index contributed by atoms with van der Waals surface area (Å²) in [6.07, 6.45) is 6.06. The molecule has 4 heteroatoms. The number of nitrogens with zero attached hydrogens (tertiary/aromatic N) is 2. The van der Waals surface area contributed by atoms with E-state index in [1.54, 1.807) is 6.07 Å². The van der Waals surface area contributed by atoms with Gasteiger partial charge < -0.3 is 9.63 Å². The van der Waals surface area contributed by atoms with E-state index in [1.165, 1.54) is 19.3 Å². The van der Waals surface area contributed by atoms with Gasteiger partial charge in [0, 0.05) is 5.92 Å². The van der Waals surface area contributed by atoms with E-state index in [-0.39, 0.29) is 5.75 Å². The molecule has 0 amide bonds. The van der Waals surface area contributed by atoms with Gasteiger partial charge >= 0.3 is 0 Å². The second-order valence-corrected chi connectivity index (χ2v) is 6.12. The maximum atomic E-state index is 10.0. The maximum Gasteiger partial charge on any atom is 0.261 e. The Labute approximate surface area is 125 Å². The SMILES string of the molecule is CCC1CCCC(c2noc(-c3ccc(C)cc3O)n2)C1. The number of phenols is 1. The molecule has 1 aromatic heterocycles. The molecule has 0 spiro atoms. The third-order valence-electron chi connectivity index (χ3n) is 4.55. The molecule has 1 N–H and O–H groups in total.